The van der Waals surface area contributed by atoms with Crippen molar-refractivity contribution in [2.45, 2.75) is 0 Å². The maximum atomic E-state index is 6.67. The van der Waals surface area contributed by atoms with Crippen LogP contribution in [0.2, 0.25) is 5.02 Å². The summed E-state index contributed by atoms with van der Waals surface area (Å²) in [5.41, 5.74) is 9.61. The number of nitrogen functional groups attached to an aromatic ring is 1. The summed E-state index contributed by atoms with van der Waals surface area (Å²) in [5.74, 6) is 1.53. The van der Waals surface area contributed by atoms with E-state index in [4.69, 9.17) is 22.3 Å². The zero-order chi connectivity index (χ0) is 23.2. The van der Waals surface area contributed by atoms with E-state index in [1.807, 2.05) is 54.7 Å². The van der Waals surface area contributed by atoms with Crippen molar-refractivity contribution in [1.82, 2.24) is 29.6 Å². The van der Waals surface area contributed by atoms with E-state index in [2.05, 4.69) is 37.2 Å². The van der Waals surface area contributed by atoms with Gasteiger partial charge in [0.25, 0.3) is 0 Å². The highest BCUT2D eigenvalue weighted by Gasteiger charge is 2.18. The van der Waals surface area contributed by atoms with Gasteiger partial charge in [-0.25, -0.2) is 4.68 Å². The van der Waals surface area contributed by atoms with Gasteiger partial charge in [0.15, 0.2) is 11.6 Å². The molecule has 0 atom stereocenters. The average Bonchev–Trinajstić information content (AvgIpc) is 3.44. The number of nitrogens with one attached hydrogen (secondary N) is 2. The highest BCUT2D eigenvalue weighted by Crippen LogP contribution is 2.32. The molecule has 1 aliphatic rings. The fourth-order valence-electron chi connectivity index (χ4n) is 4.41. The summed E-state index contributed by atoms with van der Waals surface area (Å²) in [4.78, 5) is 17.3. The van der Waals surface area contributed by atoms with Crippen molar-refractivity contribution in [1.29, 1.82) is 0 Å². The van der Waals surface area contributed by atoms with Gasteiger partial charge in [-0.1, -0.05) is 23.7 Å². The van der Waals surface area contributed by atoms with Crippen molar-refractivity contribution in [3.63, 3.8) is 0 Å². The molecule has 0 amide bonds. The number of likely N-dealkylation sites (N-methyl/N-ethyl adjacent to an activating group) is 1. The van der Waals surface area contributed by atoms with Crippen LogP contribution in [0.15, 0.2) is 54.7 Å². The Bertz CT molecular complexity index is 1500. The number of halogens is 1. The molecule has 2 aromatic carbocycles. The molecular formula is C24H24ClN9. The third-order valence-corrected chi connectivity index (χ3v) is 6.56. The minimum Gasteiger partial charge on any atom is -0.382 e. The largest absolute Gasteiger partial charge is 0.382 e. The number of nitrogens with two attached hydrogens (primary N) is 1. The Labute approximate surface area is 201 Å². The number of aromatic amines is 1. The van der Waals surface area contributed by atoms with Gasteiger partial charge in [0, 0.05) is 43.4 Å². The summed E-state index contributed by atoms with van der Waals surface area (Å²) in [5, 5.41) is 10.3. The molecule has 1 fully saturated rings. The molecular weight excluding hydrogens is 450 g/mol. The van der Waals surface area contributed by atoms with Gasteiger partial charge in [0.1, 0.15) is 5.65 Å². The van der Waals surface area contributed by atoms with E-state index in [1.165, 1.54) is 0 Å². The van der Waals surface area contributed by atoms with Crippen LogP contribution >= 0.6 is 11.6 Å². The molecule has 3 aromatic heterocycles. The summed E-state index contributed by atoms with van der Waals surface area (Å²) < 4.78 is 1.76. The quantitative estimate of drug-likeness (QED) is 0.362. The lowest BCUT2D eigenvalue weighted by Crippen LogP contribution is -2.44. The summed E-state index contributed by atoms with van der Waals surface area (Å²) in [6, 6.07) is 15.7. The number of aromatic nitrogens is 5. The van der Waals surface area contributed by atoms with Crippen LogP contribution < -0.4 is 16.0 Å². The number of hydrogen-bond donors (Lipinski definition) is 3. The van der Waals surface area contributed by atoms with Crippen LogP contribution in [0.3, 0.4) is 0 Å². The third-order valence-electron chi connectivity index (χ3n) is 6.26. The van der Waals surface area contributed by atoms with Gasteiger partial charge >= 0.3 is 0 Å². The zero-order valence-corrected chi connectivity index (χ0v) is 19.4. The first-order valence-electron chi connectivity index (χ1n) is 11.2. The normalized spacial score (nSPS) is 14.8. The number of nitrogens with zero attached hydrogens (tertiary/aromatic N) is 6. The predicted molar refractivity (Wildman–Crippen MR) is 137 cm³/mol. The average molecular weight is 474 g/mol. The second kappa shape index (κ2) is 8.19. The standard InChI is InChI=1S/C24H24ClN9/c1-32-10-12-33(13-11-32)20-7-6-15(14-18(20)25)28-24-29-22-17(8-9-27-22)23(30-24)34-19-5-3-2-4-16(19)21(26)31-34/h2-9,14H,10-13H2,1H3,(H2,26,31)(H2,27,28,29,30). The highest BCUT2D eigenvalue weighted by atomic mass is 35.5. The Morgan fingerprint density at radius 1 is 1.00 bits per heavy atom. The molecule has 34 heavy (non-hydrogen) atoms. The van der Waals surface area contributed by atoms with Gasteiger partial charge in [-0.3, -0.25) is 0 Å². The molecule has 0 unspecified atom stereocenters. The van der Waals surface area contributed by atoms with Crippen molar-refractivity contribution < 1.29 is 0 Å². The van der Waals surface area contributed by atoms with Crippen molar-refractivity contribution in [3.05, 3.63) is 59.8 Å². The Kier molecular flexibility index (Phi) is 5.00. The summed E-state index contributed by atoms with van der Waals surface area (Å²) in [6.07, 6.45) is 1.84. The van der Waals surface area contributed by atoms with Crippen LogP contribution in [0.1, 0.15) is 0 Å². The maximum Gasteiger partial charge on any atom is 0.231 e. The molecule has 0 aliphatic carbocycles. The molecule has 4 N–H and O–H groups in total. The Hall–Kier alpha value is -3.82. The maximum absolute atomic E-state index is 6.67. The van der Waals surface area contributed by atoms with E-state index in [-0.39, 0.29) is 0 Å². The van der Waals surface area contributed by atoms with Crippen LogP contribution in [-0.4, -0.2) is 62.9 Å². The smallest absolute Gasteiger partial charge is 0.231 e. The molecule has 9 nitrogen and oxygen atoms in total. The lowest BCUT2D eigenvalue weighted by atomic mass is 10.2. The lowest BCUT2D eigenvalue weighted by molar-refractivity contribution is 0.313. The molecule has 0 bridgehead atoms. The fourth-order valence-corrected chi connectivity index (χ4v) is 4.71. The number of hydrogen-bond acceptors (Lipinski definition) is 7. The van der Waals surface area contributed by atoms with Crippen LogP contribution in [0.25, 0.3) is 27.8 Å². The second-order valence-corrected chi connectivity index (χ2v) is 8.91. The second-order valence-electron chi connectivity index (χ2n) is 8.51. The van der Waals surface area contributed by atoms with Gasteiger partial charge in [0.2, 0.25) is 5.95 Å². The molecule has 10 heteroatoms. The van der Waals surface area contributed by atoms with Gasteiger partial charge < -0.3 is 25.8 Å². The Balaban J connectivity index is 1.36. The van der Waals surface area contributed by atoms with E-state index in [1.54, 1.807) is 4.68 Å². The minimum atomic E-state index is 0.437. The van der Waals surface area contributed by atoms with E-state index in [0.29, 0.717) is 28.3 Å². The van der Waals surface area contributed by atoms with Crippen LogP contribution in [0.5, 0.6) is 0 Å². The molecule has 0 spiro atoms. The molecule has 0 saturated carbocycles. The van der Waals surface area contributed by atoms with E-state index < -0.39 is 0 Å². The third kappa shape index (κ3) is 3.59. The van der Waals surface area contributed by atoms with Crippen molar-refractivity contribution in [3.8, 4) is 5.82 Å². The monoisotopic (exact) mass is 473 g/mol. The van der Waals surface area contributed by atoms with Gasteiger partial charge in [0.05, 0.1) is 21.6 Å². The van der Waals surface area contributed by atoms with Crippen molar-refractivity contribution in [2.24, 2.45) is 0 Å². The molecule has 1 aliphatic heterocycles. The fraction of sp³-hybridized carbons (Fsp3) is 0.208. The first-order chi connectivity index (χ1) is 16.6. The van der Waals surface area contributed by atoms with E-state index in [9.17, 15) is 0 Å². The number of anilines is 4. The van der Waals surface area contributed by atoms with Gasteiger partial charge in [-0.15, -0.1) is 5.10 Å². The van der Waals surface area contributed by atoms with Crippen molar-refractivity contribution >= 4 is 56.7 Å². The van der Waals surface area contributed by atoms with Crippen LogP contribution in [0.4, 0.5) is 23.1 Å². The van der Waals surface area contributed by atoms with Crippen molar-refractivity contribution in [2.75, 3.05) is 49.2 Å². The summed E-state index contributed by atoms with van der Waals surface area (Å²) in [7, 11) is 2.14. The molecule has 1 saturated heterocycles. The Morgan fingerprint density at radius 3 is 2.65 bits per heavy atom. The number of rotatable bonds is 4. The van der Waals surface area contributed by atoms with Gasteiger partial charge in [-0.2, -0.15) is 9.97 Å². The number of fused-ring (bicyclic) bond motifs is 2. The predicted octanol–water partition coefficient (Wildman–Crippen LogP) is 4.03. The van der Waals surface area contributed by atoms with Gasteiger partial charge in [-0.05, 0) is 43.4 Å². The van der Waals surface area contributed by atoms with E-state index >= 15 is 0 Å². The summed E-state index contributed by atoms with van der Waals surface area (Å²) >= 11 is 6.67. The Morgan fingerprint density at radius 2 is 1.82 bits per heavy atom. The minimum absolute atomic E-state index is 0.437. The lowest BCUT2D eigenvalue weighted by Gasteiger charge is -2.34. The first kappa shape index (κ1) is 20.8. The molecule has 6 rings (SSSR count). The number of para-hydroxylation sites is 1. The number of H-pyrrole nitrogens is 1. The first-order valence-corrected chi connectivity index (χ1v) is 11.5. The van der Waals surface area contributed by atoms with Crippen LogP contribution in [-0.2, 0) is 0 Å². The number of piperazine rings is 1. The topological polar surface area (TPSA) is 104 Å². The summed E-state index contributed by atoms with van der Waals surface area (Å²) in [6.45, 7) is 3.96. The molecule has 172 valence electrons. The van der Waals surface area contributed by atoms with Crippen LogP contribution in [0, 0.1) is 0 Å². The molecule has 0 radical (unpaired) electrons. The highest BCUT2D eigenvalue weighted by molar-refractivity contribution is 6.33. The zero-order valence-electron chi connectivity index (χ0n) is 18.7. The van der Waals surface area contributed by atoms with E-state index in [0.717, 1.165) is 53.8 Å². The molecule has 4 heterocycles. The molecule has 5 aromatic rings. The number of benzene rings is 2. The SMILES string of the molecule is CN1CCN(c2ccc(Nc3nc(-n4nc(N)c5ccccc54)c4cc[nH]c4n3)cc2Cl)CC1.